The first kappa shape index (κ1) is 54.8. The number of thiocarbonyl (C=S) groups is 1. The van der Waals surface area contributed by atoms with Gasteiger partial charge in [0, 0.05) is 25.2 Å². The quantitative estimate of drug-likeness (QED) is 0.0830. The number of anilines is 2. The molecule has 2 saturated heterocycles. The molecule has 3 aromatic carbocycles. The fourth-order valence-electron chi connectivity index (χ4n) is 8.00. The number of halogens is 3. The maximum atomic E-state index is 14.0. The summed E-state index contributed by atoms with van der Waals surface area (Å²) in [4.78, 5) is 100. The van der Waals surface area contributed by atoms with E-state index < -0.39 is 114 Å². The van der Waals surface area contributed by atoms with Crippen LogP contribution in [0.4, 0.5) is 24.5 Å². The zero-order chi connectivity index (χ0) is 53.6. The lowest BCUT2D eigenvalue weighted by Crippen LogP contribution is -2.58. The summed E-state index contributed by atoms with van der Waals surface area (Å²) in [6.45, 7) is 7.99. The lowest BCUT2D eigenvalue weighted by molar-refractivity contribution is -0.144. The Hall–Kier alpha value is -7.49. The van der Waals surface area contributed by atoms with Crippen molar-refractivity contribution in [2.24, 2.45) is 5.41 Å². The first-order valence-electron chi connectivity index (χ1n) is 22.7. The molecule has 0 aliphatic carbocycles. The molecule has 6 rings (SSSR count). The second-order valence-corrected chi connectivity index (χ2v) is 19.9. The van der Waals surface area contributed by atoms with Crippen molar-refractivity contribution in [2.45, 2.75) is 84.4 Å². The van der Waals surface area contributed by atoms with Crippen LogP contribution in [0.2, 0.25) is 0 Å². The summed E-state index contributed by atoms with van der Waals surface area (Å²) in [7, 11) is 0. The smallest absolute Gasteiger partial charge is 0.417 e. The number of aliphatic hydroxyl groups is 1. The minimum atomic E-state index is -4.86. The highest BCUT2D eigenvalue weighted by atomic mass is 32.1. The van der Waals surface area contributed by atoms with Gasteiger partial charge in [-0.1, -0.05) is 45.0 Å². The van der Waals surface area contributed by atoms with Crippen LogP contribution in [0.3, 0.4) is 0 Å². The molecule has 0 spiro atoms. The van der Waals surface area contributed by atoms with Gasteiger partial charge < -0.3 is 46.2 Å². The maximum Gasteiger partial charge on any atom is 0.417 e. The lowest BCUT2D eigenvalue weighted by Gasteiger charge is -2.35. The third-order valence-electron chi connectivity index (χ3n) is 11.9. The Morgan fingerprint density at radius 2 is 1.51 bits per heavy atom. The van der Waals surface area contributed by atoms with Crippen LogP contribution in [-0.2, 0) is 46.3 Å². The average Bonchev–Trinajstić information content (AvgIpc) is 4.01. The fraction of sp³-hybridized carbons (Fsp3) is 0.388. The largest absolute Gasteiger partial charge is 0.484 e. The minimum Gasteiger partial charge on any atom is -0.484 e. The summed E-state index contributed by atoms with van der Waals surface area (Å²) in [5.41, 5.74) is 0.694. The summed E-state index contributed by atoms with van der Waals surface area (Å²) < 4.78 is 46.7. The van der Waals surface area contributed by atoms with Crippen LogP contribution in [0.25, 0.3) is 10.4 Å². The van der Waals surface area contributed by atoms with Gasteiger partial charge >= 0.3 is 6.18 Å². The number of hydrogen-bond donors (Lipinski definition) is 6. The fourth-order valence-corrected chi connectivity index (χ4v) is 9.34. The molecule has 24 heteroatoms. The molecule has 3 heterocycles. The van der Waals surface area contributed by atoms with Crippen molar-refractivity contribution in [3.63, 3.8) is 0 Å². The van der Waals surface area contributed by atoms with Gasteiger partial charge in [0.2, 0.25) is 29.5 Å². The van der Waals surface area contributed by atoms with Crippen LogP contribution in [-0.4, -0.2) is 118 Å². The second kappa shape index (κ2) is 22.5. The van der Waals surface area contributed by atoms with Crippen molar-refractivity contribution in [3.8, 4) is 22.3 Å². The topological polar surface area (TPSA) is 255 Å². The molecule has 7 amide bonds. The van der Waals surface area contributed by atoms with E-state index in [1.807, 2.05) is 31.2 Å². The van der Waals surface area contributed by atoms with Gasteiger partial charge in [-0.2, -0.15) is 18.4 Å². The molecular weight excluding hydrogens is 994 g/mol. The average molecular weight is 1050 g/mol. The molecule has 73 heavy (non-hydrogen) atoms. The number of rotatable bonds is 17. The van der Waals surface area contributed by atoms with Gasteiger partial charge in [0.15, 0.2) is 11.7 Å². The van der Waals surface area contributed by atoms with Gasteiger partial charge in [-0.3, -0.25) is 38.5 Å². The molecule has 0 bridgehead atoms. The van der Waals surface area contributed by atoms with Crippen molar-refractivity contribution in [3.05, 3.63) is 94.6 Å². The Morgan fingerprint density at radius 1 is 0.904 bits per heavy atom. The zero-order valence-corrected chi connectivity index (χ0v) is 42.1. The van der Waals surface area contributed by atoms with E-state index in [0.717, 1.165) is 32.7 Å². The molecule has 6 N–H and O–H groups in total. The number of aliphatic hydroxyl groups excluding tert-OH is 1. The number of likely N-dealkylation sites (tertiary alicyclic amines) is 1. The standard InChI is InChI=1S/C49H53F3N10O9S2/c1-27-41(73-26-58-27)29-9-7-28(8-10-29)20-57-43(68)36-18-33(63)24-60(36)44(69)42(47(2,3)4)59-39(66)23-55-37(64)21-54-38(65)22-56-40(67)25-71-34-15-13-31(14-16-34)62-46(72)61(45(70)48(62,5)6)32-12-11-30(19-53)35(17-32)49(50,51)52/h7-17,26,33,36,42,63H,18,20-25H2,1-6H3,(H,54,65)(H,55,64)(H,56,67)(H,57,68)(H,59,66)/t33-,36+,42-/m1/s1. The predicted octanol–water partition coefficient (Wildman–Crippen LogP) is 3.46. The summed E-state index contributed by atoms with van der Waals surface area (Å²) in [6, 6.07) is 15.8. The van der Waals surface area contributed by atoms with E-state index in [9.17, 15) is 57.1 Å². The maximum absolute atomic E-state index is 14.0. The summed E-state index contributed by atoms with van der Waals surface area (Å²) in [5, 5.41) is 32.1. The Kier molecular flexibility index (Phi) is 16.9. The van der Waals surface area contributed by atoms with Crippen LogP contribution in [0.15, 0.2) is 72.2 Å². The van der Waals surface area contributed by atoms with Gasteiger partial charge in [0.05, 0.1) is 64.7 Å². The molecule has 0 unspecified atom stereocenters. The summed E-state index contributed by atoms with van der Waals surface area (Å²) in [5.74, 6) is -4.41. The Balaban J connectivity index is 0.915. The van der Waals surface area contributed by atoms with Crippen LogP contribution >= 0.6 is 23.6 Å². The number of aromatic nitrogens is 1. The zero-order valence-electron chi connectivity index (χ0n) is 40.5. The third-order valence-corrected chi connectivity index (χ3v) is 13.2. The molecule has 2 aliphatic rings. The second-order valence-electron chi connectivity index (χ2n) is 18.7. The molecule has 3 atom stereocenters. The van der Waals surface area contributed by atoms with Crippen LogP contribution in [0.1, 0.15) is 63.4 Å². The molecule has 1 aromatic heterocycles. The number of carbonyl (C=O) groups excluding carboxylic acids is 7. The number of carbonyl (C=O) groups is 7. The van der Waals surface area contributed by atoms with E-state index >= 15 is 0 Å². The number of nitriles is 1. The highest BCUT2D eigenvalue weighted by molar-refractivity contribution is 7.81. The lowest BCUT2D eigenvalue weighted by atomic mass is 9.85. The van der Waals surface area contributed by atoms with E-state index in [1.54, 1.807) is 26.3 Å². The Bertz CT molecular complexity index is 2830. The number of aryl methyl sites for hydroxylation is 1. The van der Waals surface area contributed by atoms with Crippen molar-refractivity contribution < 1.29 is 56.6 Å². The van der Waals surface area contributed by atoms with Crippen molar-refractivity contribution >= 4 is 81.4 Å². The molecule has 0 saturated carbocycles. The molecule has 0 radical (unpaired) electrons. The van der Waals surface area contributed by atoms with Gasteiger partial charge in [-0.15, -0.1) is 11.3 Å². The summed E-state index contributed by atoms with van der Waals surface area (Å²) in [6.07, 6.45) is -5.84. The molecule has 19 nitrogen and oxygen atoms in total. The SMILES string of the molecule is Cc1ncsc1-c1ccc(CNC(=O)[C@@H]2C[C@@H](O)CN2C(=O)[C@@H](NC(=O)CNC(=O)CNC(=O)CNC(=O)COc2ccc(N3C(=S)N(c4ccc(C#N)c(C(F)(F)F)c4)C(=O)C3(C)C)cc2)C(C)(C)C)cc1. The molecule has 2 aliphatic heterocycles. The normalized spacial score (nSPS) is 16.9. The molecule has 4 aromatic rings. The van der Waals surface area contributed by atoms with Crippen LogP contribution in [0, 0.1) is 23.7 Å². The number of nitrogens with zero attached hydrogens (tertiary/aromatic N) is 5. The van der Waals surface area contributed by atoms with Gasteiger partial charge in [-0.25, -0.2) is 4.98 Å². The van der Waals surface area contributed by atoms with E-state index in [2.05, 4.69) is 31.6 Å². The number of hydrogen-bond acceptors (Lipinski definition) is 13. The molecule has 2 fully saturated rings. The number of thiazole rings is 1. The monoisotopic (exact) mass is 1050 g/mol. The molecular formula is C49H53F3N10O9S2. The van der Waals surface area contributed by atoms with Crippen molar-refractivity contribution in [1.82, 2.24) is 36.5 Å². The number of ether oxygens (including phenoxy) is 1. The number of amides is 7. The molecule has 386 valence electrons. The van der Waals surface area contributed by atoms with Crippen LogP contribution in [0.5, 0.6) is 5.75 Å². The number of benzene rings is 3. The van der Waals surface area contributed by atoms with E-state index in [1.165, 1.54) is 71.4 Å². The van der Waals surface area contributed by atoms with Gasteiger partial charge in [0.25, 0.3) is 11.8 Å². The van der Waals surface area contributed by atoms with Gasteiger partial charge in [-0.05, 0) is 92.0 Å². The van der Waals surface area contributed by atoms with E-state index in [4.69, 9.17) is 17.0 Å². The first-order valence-corrected chi connectivity index (χ1v) is 24.0. The Morgan fingerprint density at radius 3 is 2.08 bits per heavy atom. The highest BCUT2D eigenvalue weighted by Gasteiger charge is 2.51. The van der Waals surface area contributed by atoms with E-state index in [-0.39, 0.29) is 36.1 Å². The third kappa shape index (κ3) is 13.1. The van der Waals surface area contributed by atoms with E-state index in [0.29, 0.717) is 11.8 Å². The Labute approximate surface area is 427 Å². The predicted molar refractivity (Wildman–Crippen MR) is 265 cm³/mol. The van der Waals surface area contributed by atoms with Gasteiger partial charge in [0.1, 0.15) is 23.4 Å². The van der Waals surface area contributed by atoms with Crippen molar-refractivity contribution in [1.29, 1.82) is 5.26 Å². The summed E-state index contributed by atoms with van der Waals surface area (Å²) >= 11 is 7.09. The number of β-amino-alcohol motifs (C(OH)–C–C–N with tert-alkyl or cyclic N) is 1. The highest BCUT2D eigenvalue weighted by Crippen LogP contribution is 2.40. The van der Waals surface area contributed by atoms with Crippen LogP contribution < -0.4 is 41.1 Å². The van der Waals surface area contributed by atoms with Crippen molar-refractivity contribution in [2.75, 3.05) is 42.6 Å². The number of nitrogens with one attached hydrogen (secondary N) is 5. The minimum absolute atomic E-state index is 0.00364. The number of alkyl halides is 3. The first-order chi connectivity index (χ1) is 34.3.